The molecule has 0 bridgehead atoms. The first-order valence-corrected chi connectivity index (χ1v) is 26.6. The molecule has 1 unspecified atom stereocenters. The summed E-state index contributed by atoms with van der Waals surface area (Å²) in [4.78, 5) is 37.5. The van der Waals surface area contributed by atoms with E-state index in [0.717, 1.165) is 133 Å². The molecule has 360 valence electrons. The molecule has 0 spiro atoms. The van der Waals surface area contributed by atoms with Gasteiger partial charge in [0.15, 0.2) is 11.6 Å². The first kappa shape index (κ1) is 46.3. The maximum absolute atomic E-state index is 11.8. The average Bonchev–Trinajstić information content (AvgIpc) is 4.16. The molecule has 2 saturated carbocycles. The van der Waals surface area contributed by atoms with E-state index in [2.05, 4.69) is 63.8 Å². The van der Waals surface area contributed by atoms with Crippen LogP contribution in [0.2, 0.25) is 0 Å². The molecule has 17 nitrogen and oxygen atoms in total. The van der Waals surface area contributed by atoms with Crippen LogP contribution in [0.1, 0.15) is 126 Å². The number of nitriles is 1. The second-order valence-corrected chi connectivity index (χ2v) is 21.2. The predicted molar refractivity (Wildman–Crippen MR) is 272 cm³/mol. The minimum Gasteiger partial charge on any atom is -0.370 e. The van der Waals surface area contributed by atoms with Crippen LogP contribution in [-0.2, 0) is 17.9 Å². The first-order valence-electron chi connectivity index (χ1n) is 25.1. The van der Waals surface area contributed by atoms with Crippen LogP contribution in [0.5, 0.6) is 0 Å². The van der Waals surface area contributed by atoms with Crippen LogP contribution >= 0.6 is 23.1 Å². The number of carbonyl (C=O) groups excluding carboxylic acids is 1. The summed E-state index contributed by atoms with van der Waals surface area (Å²) in [5, 5.41) is 26.0. The van der Waals surface area contributed by atoms with E-state index in [0.29, 0.717) is 48.9 Å². The molecule has 6 aromatic heterocycles. The highest BCUT2D eigenvalue weighted by molar-refractivity contribution is 7.10. The Balaban J connectivity index is 0.812. The summed E-state index contributed by atoms with van der Waals surface area (Å²) in [6.07, 6.45) is 20.8. The Morgan fingerprint density at radius 2 is 1.37 bits per heavy atom. The number of rotatable bonds is 17. The topological polar surface area (TPSA) is 209 Å². The molecule has 2 aliphatic carbocycles. The number of likely N-dealkylation sites (tertiary alicyclic amines) is 2. The van der Waals surface area contributed by atoms with Gasteiger partial charge in [-0.15, -0.1) is 0 Å². The standard InChI is InChI=1S/C49H66N16OS2/c1-31-29-41(67-60-31)56-48-54-38-18-26-63(24-7-4-21-50)43(38)45(57-48)52-35-12-16-37(17-13-35)65-25-8-9-33(30-65)42-32(2)61-68-47(42)59-49-55-39-19-27-64(28-20-40(51)66)44(39)46(58-49)53-34-10-14-36(15-11-34)62-22-5-3-6-23-62/h18-19,26-27,29,33-37H,3-17,20,22-25,28,30H2,1-2H3,(H2,51,66)(H2,52,54,56,57)(H2,53,55,58,59)/t33?,34-,35-,36-,37-. The van der Waals surface area contributed by atoms with E-state index in [1.165, 1.54) is 73.8 Å². The zero-order valence-electron chi connectivity index (χ0n) is 39.6. The van der Waals surface area contributed by atoms with Crippen LogP contribution in [0.3, 0.4) is 0 Å². The molecule has 68 heavy (non-hydrogen) atoms. The molecule has 8 heterocycles. The molecular weight excluding hydrogens is 893 g/mol. The minimum absolute atomic E-state index is 0.255. The normalized spacial score (nSPS) is 22.9. The fraction of sp³-hybridized carbons (Fsp3) is 0.592. The van der Waals surface area contributed by atoms with Crippen LogP contribution in [0.15, 0.2) is 30.6 Å². The number of nitrogens with one attached hydrogen (secondary N) is 4. The van der Waals surface area contributed by atoms with Crippen molar-refractivity contribution in [3.05, 3.63) is 47.5 Å². The van der Waals surface area contributed by atoms with Gasteiger partial charge < -0.3 is 41.0 Å². The lowest BCUT2D eigenvalue weighted by Gasteiger charge is -2.41. The fourth-order valence-electron chi connectivity index (χ4n) is 11.5. The van der Waals surface area contributed by atoms with Crippen molar-refractivity contribution in [1.29, 1.82) is 5.26 Å². The van der Waals surface area contributed by atoms with Gasteiger partial charge in [0.1, 0.15) is 21.0 Å². The third kappa shape index (κ3) is 10.6. The van der Waals surface area contributed by atoms with Gasteiger partial charge in [-0.05, 0) is 158 Å². The lowest BCUT2D eigenvalue weighted by molar-refractivity contribution is -0.118. The molecular formula is C49H66N16OS2. The van der Waals surface area contributed by atoms with Crippen molar-refractivity contribution in [3.63, 3.8) is 0 Å². The Morgan fingerprint density at radius 3 is 1.99 bits per heavy atom. The van der Waals surface area contributed by atoms with E-state index in [-0.39, 0.29) is 18.4 Å². The van der Waals surface area contributed by atoms with Gasteiger partial charge in [-0.25, -0.2) is 9.97 Å². The first-order chi connectivity index (χ1) is 33.2. The van der Waals surface area contributed by atoms with Gasteiger partial charge in [-0.3, -0.25) is 9.69 Å². The minimum atomic E-state index is -0.322. The zero-order chi connectivity index (χ0) is 46.6. The molecule has 2 aliphatic heterocycles. The highest BCUT2D eigenvalue weighted by Crippen LogP contribution is 2.41. The van der Waals surface area contributed by atoms with Crippen LogP contribution in [0.4, 0.5) is 33.5 Å². The molecule has 6 N–H and O–H groups in total. The van der Waals surface area contributed by atoms with Gasteiger partial charge >= 0.3 is 0 Å². The van der Waals surface area contributed by atoms with E-state index < -0.39 is 0 Å². The number of aryl methyl sites for hydroxylation is 4. The number of nitrogens with zero attached hydrogens (tertiary/aromatic N) is 11. The SMILES string of the molecule is Cc1cc(Nc2nc(N[C@H]3CC[C@H](N4CCCC(c5c(C)nsc5Nc5nc(N[C@H]6CC[C@H](N7CCCCC7)CC6)c6c(ccn6CCC(N)=O)n5)C4)CC3)c3c(ccn3CCCC#N)n2)sn1. The van der Waals surface area contributed by atoms with Crippen molar-refractivity contribution in [1.82, 2.24) is 47.6 Å². The summed E-state index contributed by atoms with van der Waals surface area (Å²) in [6, 6.07) is 10.2. The summed E-state index contributed by atoms with van der Waals surface area (Å²) in [6.45, 7) is 9.93. The second kappa shape index (κ2) is 21.1. The van der Waals surface area contributed by atoms with E-state index >= 15 is 0 Å². The largest absolute Gasteiger partial charge is 0.370 e. The Bertz CT molecular complexity index is 2710. The van der Waals surface area contributed by atoms with Gasteiger partial charge in [0.2, 0.25) is 17.8 Å². The third-order valence-electron chi connectivity index (χ3n) is 14.9. The number of hydrogen-bond donors (Lipinski definition) is 5. The lowest BCUT2D eigenvalue weighted by atomic mass is 9.85. The van der Waals surface area contributed by atoms with Crippen LogP contribution in [0, 0.1) is 25.2 Å². The maximum atomic E-state index is 11.8. The Kier molecular flexibility index (Phi) is 14.3. The summed E-state index contributed by atoms with van der Waals surface area (Å²) in [5.41, 5.74) is 12.5. The smallest absolute Gasteiger partial charge is 0.230 e. The van der Waals surface area contributed by atoms with Gasteiger partial charge in [-0.1, -0.05) is 6.42 Å². The summed E-state index contributed by atoms with van der Waals surface area (Å²) < 4.78 is 13.6. The third-order valence-corrected chi connectivity index (χ3v) is 16.5. The predicted octanol–water partition coefficient (Wildman–Crippen LogP) is 9.18. The lowest BCUT2D eigenvalue weighted by Crippen LogP contribution is -2.45. The fourth-order valence-corrected chi connectivity index (χ4v) is 13.0. The molecule has 4 fully saturated rings. The Labute approximate surface area is 407 Å². The maximum Gasteiger partial charge on any atom is 0.230 e. The highest BCUT2D eigenvalue weighted by Gasteiger charge is 2.34. The van der Waals surface area contributed by atoms with Crippen molar-refractivity contribution in [2.45, 2.75) is 160 Å². The van der Waals surface area contributed by atoms with Crippen molar-refractivity contribution in [3.8, 4) is 6.07 Å². The molecule has 1 atom stereocenters. The van der Waals surface area contributed by atoms with Crippen LogP contribution < -0.4 is 27.0 Å². The molecule has 0 aromatic carbocycles. The molecule has 4 aliphatic rings. The number of anilines is 6. The van der Waals surface area contributed by atoms with Gasteiger partial charge in [-0.2, -0.15) is 24.0 Å². The molecule has 10 rings (SSSR count). The van der Waals surface area contributed by atoms with E-state index in [1.807, 2.05) is 31.3 Å². The van der Waals surface area contributed by atoms with E-state index in [1.54, 1.807) is 0 Å². The molecule has 6 aromatic rings. The average molecular weight is 959 g/mol. The van der Waals surface area contributed by atoms with Crippen LogP contribution in [-0.4, -0.2) is 104 Å². The van der Waals surface area contributed by atoms with Crippen molar-refractivity contribution >= 4 is 84.6 Å². The van der Waals surface area contributed by atoms with Crippen molar-refractivity contribution in [2.24, 2.45) is 5.73 Å². The summed E-state index contributed by atoms with van der Waals surface area (Å²) >= 11 is 2.91. The molecule has 1 amide bonds. The summed E-state index contributed by atoms with van der Waals surface area (Å²) in [5.74, 6) is 2.79. The summed E-state index contributed by atoms with van der Waals surface area (Å²) in [7, 11) is 0. The van der Waals surface area contributed by atoms with E-state index in [4.69, 9.17) is 30.0 Å². The highest BCUT2D eigenvalue weighted by atomic mass is 32.1. The number of aromatic nitrogens is 8. The number of amides is 1. The van der Waals surface area contributed by atoms with Gasteiger partial charge in [0, 0.05) is 80.5 Å². The number of fused-ring (bicyclic) bond motifs is 2. The van der Waals surface area contributed by atoms with Crippen LogP contribution in [0.25, 0.3) is 22.1 Å². The number of hydrogen-bond acceptors (Lipinski definition) is 16. The molecule has 19 heteroatoms. The molecule has 0 radical (unpaired) electrons. The second-order valence-electron chi connectivity index (χ2n) is 19.6. The van der Waals surface area contributed by atoms with Gasteiger partial charge in [0.05, 0.1) is 28.5 Å². The number of primary amides is 1. The number of nitrogens with two attached hydrogens (primary N) is 1. The monoisotopic (exact) mass is 959 g/mol. The molecule has 2 saturated heterocycles. The Morgan fingerprint density at radius 1 is 0.750 bits per heavy atom. The number of unbranched alkanes of at least 4 members (excludes halogenated alkanes) is 1. The number of carbonyl (C=O) groups is 1. The van der Waals surface area contributed by atoms with Gasteiger partial charge in [0.25, 0.3) is 0 Å². The van der Waals surface area contributed by atoms with Crippen molar-refractivity contribution in [2.75, 3.05) is 47.4 Å². The number of piperidine rings is 2. The van der Waals surface area contributed by atoms with Crippen molar-refractivity contribution < 1.29 is 4.79 Å². The quantitative estimate of drug-likeness (QED) is 0.0540. The zero-order valence-corrected chi connectivity index (χ0v) is 41.2. The Hall–Kier alpha value is -5.42. The van der Waals surface area contributed by atoms with E-state index in [9.17, 15) is 10.1 Å².